The smallest absolute Gasteiger partial charge is 0.297 e. The molecule has 1 aliphatic rings. The van der Waals surface area contributed by atoms with Crippen LogP contribution in [-0.4, -0.2) is 39.3 Å². The minimum absolute atomic E-state index is 0.0817. The van der Waals surface area contributed by atoms with E-state index >= 15 is 0 Å². The molecule has 1 aromatic heterocycles. The molecule has 0 saturated carbocycles. The molecule has 0 unspecified atom stereocenters. The number of hydrogen-bond acceptors (Lipinski definition) is 7. The van der Waals surface area contributed by atoms with Crippen LogP contribution in [0.2, 0.25) is 0 Å². The first-order valence-electron chi connectivity index (χ1n) is 11.7. The highest BCUT2D eigenvalue weighted by atomic mass is 16.6. The van der Waals surface area contributed by atoms with E-state index in [1.165, 1.54) is 34.8 Å². The van der Waals surface area contributed by atoms with Gasteiger partial charge in [-0.25, -0.2) is 0 Å². The third kappa shape index (κ3) is 4.64. The van der Waals surface area contributed by atoms with Gasteiger partial charge >= 0.3 is 0 Å². The number of fused-ring (bicyclic) bond motifs is 1. The number of benzene rings is 2. The van der Waals surface area contributed by atoms with Crippen molar-refractivity contribution in [2.24, 2.45) is 5.92 Å². The monoisotopic (exact) mass is 505 g/mol. The zero-order valence-electron chi connectivity index (χ0n) is 20.4. The molecule has 1 amide bonds. The van der Waals surface area contributed by atoms with Crippen molar-refractivity contribution < 1.29 is 24.7 Å². The SMILES string of the molecule is COc1cccn(-c2ccc(CN3C(=O)[C@@](O)([C@@H](C)/C=C/CCO)c4cc([N+](=O)[O-])ccc43)cc2)c1=O. The Morgan fingerprint density at radius 2 is 1.89 bits per heavy atom. The molecule has 0 bridgehead atoms. The van der Waals surface area contributed by atoms with Crippen molar-refractivity contribution >= 4 is 17.3 Å². The molecule has 10 heteroatoms. The van der Waals surface area contributed by atoms with Gasteiger partial charge in [0.25, 0.3) is 17.2 Å². The molecule has 2 atom stereocenters. The van der Waals surface area contributed by atoms with Gasteiger partial charge in [0.2, 0.25) is 0 Å². The lowest BCUT2D eigenvalue weighted by atomic mass is 9.82. The number of methoxy groups -OCH3 is 1. The van der Waals surface area contributed by atoms with E-state index in [9.17, 15) is 24.8 Å². The maximum Gasteiger partial charge on any atom is 0.297 e. The number of carbonyl (C=O) groups is 1. The number of rotatable bonds is 9. The van der Waals surface area contributed by atoms with Crippen molar-refractivity contribution in [3.05, 3.63) is 105 Å². The van der Waals surface area contributed by atoms with Gasteiger partial charge in [-0.3, -0.25) is 24.3 Å². The van der Waals surface area contributed by atoms with Gasteiger partial charge in [0.05, 0.1) is 24.3 Å². The molecular weight excluding hydrogens is 478 g/mol. The fourth-order valence-corrected chi connectivity index (χ4v) is 4.50. The van der Waals surface area contributed by atoms with Gasteiger partial charge in [-0.05, 0) is 42.3 Å². The second-order valence-corrected chi connectivity index (χ2v) is 8.76. The molecule has 0 radical (unpaired) electrons. The summed E-state index contributed by atoms with van der Waals surface area (Å²) in [5, 5.41) is 32.1. The fourth-order valence-electron chi connectivity index (χ4n) is 4.50. The number of carbonyl (C=O) groups excluding carboxylic acids is 1. The molecule has 37 heavy (non-hydrogen) atoms. The maximum absolute atomic E-state index is 13.6. The minimum atomic E-state index is -2.01. The Morgan fingerprint density at radius 1 is 1.16 bits per heavy atom. The number of nitro benzene ring substituents is 1. The molecule has 3 aromatic rings. The summed E-state index contributed by atoms with van der Waals surface area (Å²) in [5.74, 6) is -1.10. The molecule has 0 spiro atoms. The second kappa shape index (κ2) is 10.4. The standard InChI is InChI=1S/C27H27N3O7/c1-18(6-3-4-15-31)27(34)22-16-21(30(35)36)12-13-23(22)29(26(27)33)17-19-8-10-20(11-9-19)28-14-5-7-24(37-2)25(28)32/h3,5-14,16,18,31,34H,4,15,17H2,1-2H3/b6-3+/t18-,27+/m0/s1. The van der Waals surface area contributed by atoms with Crippen molar-refractivity contribution in [1.82, 2.24) is 4.57 Å². The number of hydrogen-bond donors (Lipinski definition) is 2. The van der Waals surface area contributed by atoms with Gasteiger partial charge in [0, 0.05) is 42.1 Å². The van der Waals surface area contributed by atoms with Crippen LogP contribution in [0.4, 0.5) is 11.4 Å². The summed E-state index contributed by atoms with van der Waals surface area (Å²) in [5.41, 5.74) is -0.675. The fraction of sp³-hybridized carbons (Fsp3) is 0.259. The summed E-state index contributed by atoms with van der Waals surface area (Å²) in [6, 6.07) is 14.3. The number of aliphatic hydroxyl groups excluding tert-OH is 1. The number of aliphatic hydroxyl groups is 2. The highest BCUT2D eigenvalue weighted by Crippen LogP contribution is 2.47. The molecule has 2 heterocycles. The van der Waals surface area contributed by atoms with Crippen molar-refractivity contribution in [3.63, 3.8) is 0 Å². The molecule has 0 fully saturated rings. The zero-order chi connectivity index (χ0) is 26.7. The van der Waals surface area contributed by atoms with Crippen molar-refractivity contribution in [2.45, 2.75) is 25.5 Å². The topological polar surface area (TPSA) is 135 Å². The number of non-ortho nitro benzene ring substituents is 1. The van der Waals surface area contributed by atoms with E-state index in [2.05, 4.69) is 0 Å². The van der Waals surface area contributed by atoms with Crippen LogP contribution in [-0.2, 0) is 16.9 Å². The van der Waals surface area contributed by atoms with E-state index in [-0.39, 0.29) is 35.7 Å². The van der Waals surface area contributed by atoms with Gasteiger partial charge < -0.3 is 19.8 Å². The number of ether oxygens (including phenoxy) is 1. The summed E-state index contributed by atoms with van der Waals surface area (Å²) in [6.45, 7) is 1.67. The van der Waals surface area contributed by atoms with Crippen LogP contribution < -0.4 is 15.2 Å². The average molecular weight is 506 g/mol. The van der Waals surface area contributed by atoms with Crippen molar-refractivity contribution in [1.29, 1.82) is 0 Å². The van der Waals surface area contributed by atoms with Crippen molar-refractivity contribution in [2.75, 3.05) is 18.6 Å². The van der Waals surface area contributed by atoms with Crippen LogP contribution in [0.15, 0.2) is 77.7 Å². The second-order valence-electron chi connectivity index (χ2n) is 8.76. The van der Waals surface area contributed by atoms with E-state index < -0.39 is 22.3 Å². The molecule has 4 rings (SSSR count). The molecule has 0 saturated heterocycles. The van der Waals surface area contributed by atoms with E-state index in [0.29, 0.717) is 17.8 Å². The van der Waals surface area contributed by atoms with E-state index in [0.717, 1.165) is 5.56 Å². The third-order valence-electron chi connectivity index (χ3n) is 6.53. The number of anilines is 1. The largest absolute Gasteiger partial charge is 0.491 e. The molecular formula is C27H27N3O7. The Balaban J connectivity index is 1.69. The van der Waals surface area contributed by atoms with Crippen LogP contribution in [0.3, 0.4) is 0 Å². The van der Waals surface area contributed by atoms with Crippen LogP contribution in [0.5, 0.6) is 5.75 Å². The molecule has 2 N–H and O–H groups in total. The van der Waals surface area contributed by atoms with Gasteiger partial charge in [-0.1, -0.05) is 31.2 Å². The quantitative estimate of drug-likeness (QED) is 0.259. The lowest BCUT2D eigenvalue weighted by Gasteiger charge is -2.27. The Labute approximate surface area is 212 Å². The predicted molar refractivity (Wildman–Crippen MR) is 137 cm³/mol. The number of amides is 1. The summed E-state index contributed by atoms with van der Waals surface area (Å²) in [6.07, 6.45) is 5.26. The first-order valence-corrected chi connectivity index (χ1v) is 11.7. The lowest BCUT2D eigenvalue weighted by molar-refractivity contribution is -0.385. The van der Waals surface area contributed by atoms with Gasteiger partial charge in [-0.2, -0.15) is 0 Å². The maximum atomic E-state index is 13.6. The summed E-state index contributed by atoms with van der Waals surface area (Å²) < 4.78 is 6.54. The lowest BCUT2D eigenvalue weighted by Crippen LogP contribution is -2.44. The Kier molecular flexibility index (Phi) is 7.23. The Morgan fingerprint density at radius 3 is 2.54 bits per heavy atom. The molecule has 1 aliphatic heterocycles. The van der Waals surface area contributed by atoms with Gasteiger partial charge in [0.1, 0.15) is 0 Å². The van der Waals surface area contributed by atoms with Gasteiger partial charge in [-0.15, -0.1) is 0 Å². The highest BCUT2D eigenvalue weighted by molar-refractivity contribution is 6.07. The number of nitrogens with zero attached hydrogens (tertiary/aromatic N) is 3. The summed E-state index contributed by atoms with van der Waals surface area (Å²) in [7, 11) is 1.42. The van der Waals surface area contributed by atoms with Crippen molar-refractivity contribution in [3.8, 4) is 11.4 Å². The first-order chi connectivity index (χ1) is 17.7. The summed E-state index contributed by atoms with van der Waals surface area (Å²) in [4.78, 5) is 38.4. The first kappa shape index (κ1) is 25.8. The van der Waals surface area contributed by atoms with E-state index in [1.807, 2.05) is 0 Å². The van der Waals surface area contributed by atoms with Crippen LogP contribution in [0.1, 0.15) is 24.5 Å². The highest BCUT2D eigenvalue weighted by Gasteiger charge is 2.53. The van der Waals surface area contributed by atoms with Crippen LogP contribution >= 0.6 is 0 Å². The normalized spacial score (nSPS) is 17.7. The summed E-state index contributed by atoms with van der Waals surface area (Å²) >= 11 is 0. The number of aromatic nitrogens is 1. The average Bonchev–Trinajstić information content (AvgIpc) is 3.11. The van der Waals surface area contributed by atoms with E-state index in [1.54, 1.807) is 61.7 Å². The predicted octanol–water partition coefficient (Wildman–Crippen LogP) is 3.06. The molecule has 192 valence electrons. The zero-order valence-corrected chi connectivity index (χ0v) is 20.4. The Bertz CT molecular complexity index is 1410. The molecule has 0 aliphatic carbocycles. The van der Waals surface area contributed by atoms with E-state index in [4.69, 9.17) is 9.84 Å². The van der Waals surface area contributed by atoms with Crippen LogP contribution in [0, 0.1) is 16.0 Å². The molecule has 2 aromatic carbocycles. The number of nitro groups is 1. The Hall–Kier alpha value is -4.28. The minimum Gasteiger partial charge on any atom is -0.491 e. The van der Waals surface area contributed by atoms with Gasteiger partial charge in [0.15, 0.2) is 11.4 Å². The third-order valence-corrected chi connectivity index (χ3v) is 6.53. The van der Waals surface area contributed by atoms with Crippen LogP contribution in [0.25, 0.3) is 5.69 Å². The number of pyridine rings is 1. The molecule has 10 nitrogen and oxygen atoms in total.